The largest absolute Gasteiger partial charge is 0.481 e. The third kappa shape index (κ3) is 5.11. The van der Waals surface area contributed by atoms with Crippen molar-refractivity contribution in [2.75, 3.05) is 10.6 Å². The Balaban J connectivity index is 1.39. The van der Waals surface area contributed by atoms with Crippen LogP contribution in [-0.4, -0.2) is 17.1 Å². The Morgan fingerprint density at radius 1 is 0.903 bits per heavy atom. The van der Waals surface area contributed by atoms with Crippen LogP contribution < -0.4 is 10.6 Å². The van der Waals surface area contributed by atoms with Crippen molar-refractivity contribution in [3.8, 4) is 0 Å². The van der Waals surface area contributed by atoms with E-state index in [2.05, 4.69) is 10.6 Å². The van der Waals surface area contributed by atoms with Gasteiger partial charge in [-0.2, -0.15) is 0 Å². The van der Waals surface area contributed by atoms with Gasteiger partial charge in [-0.05, 0) is 53.9 Å². The second kappa shape index (κ2) is 8.75. The molecule has 6 nitrogen and oxygen atoms in total. The third-order valence-electron chi connectivity index (χ3n) is 4.97. The number of hydrogen-bond acceptors (Lipinski definition) is 3. The number of aryl methyl sites for hydroxylation is 1. The molecule has 1 heterocycles. The van der Waals surface area contributed by atoms with E-state index in [1.807, 2.05) is 67.6 Å². The lowest BCUT2D eigenvalue weighted by molar-refractivity contribution is -0.136. The molecule has 3 aromatic carbocycles. The molecule has 31 heavy (non-hydrogen) atoms. The lowest BCUT2D eigenvalue weighted by Crippen LogP contribution is -2.19. The maximum absolute atomic E-state index is 12.2. The first kappa shape index (κ1) is 20.2. The predicted molar refractivity (Wildman–Crippen MR) is 121 cm³/mol. The zero-order valence-electron chi connectivity index (χ0n) is 17.0. The molecule has 156 valence electrons. The van der Waals surface area contributed by atoms with Crippen molar-refractivity contribution in [1.82, 2.24) is 0 Å². The van der Waals surface area contributed by atoms with E-state index in [1.54, 1.807) is 12.1 Å². The fourth-order valence-electron chi connectivity index (χ4n) is 3.41. The number of aliphatic carboxylic acids is 1. The van der Waals surface area contributed by atoms with Crippen LogP contribution in [0.2, 0.25) is 0 Å². The average Bonchev–Trinajstić information content (AvgIpc) is 3.12. The first-order chi connectivity index (χ1) is 15.0. The van der Waals surface area contributed by atoms with Crippen LogP contribution in [-0.2, 0) is 17.6 Å². The number of carboxylic acid groups (broad SMARTS) is 1. The molecule has 0 aliphatic heterocycles. The lowest BCUT2D eigenvalue weighted by Gasteiger charge is -2.10. The monoisotopic (exact) mass is 414 g/mol. The molecule has 0 fully saturated rings. The highest BCUT2D eigenvalue weighted by molar-refractivity contribution is 6.00. The summed E-state index contributed by atoms with van der Waals surface area (Å²) >= 11 is 0. The predicted octanol–water partition coefficient (Wildman–Crippen LogP) is 5.60. The topological polar surface area (TPSA) is 91.6 Å². The first-order valence-corrected chi connectivity index (χ1v) is 9.92. The maximum Gasteiger partial charge on any atom is 0.323 e. The number of urea groups is 1. The minimum atomic E-state index is -0.868. The Labute approximate surface area is 179 Å². The van der Waals surface area contributed by atoms with Gasteiger partial charge in [0.25, 0.3) is 0 Å². The number of carboxylic acids is 1. The SMILES string of the molecule is Cc1ccccc1NC(=O)Nc1ccc(Cc2cc3ccc(CC(=O)O)cc3o2)cc1. The van der Waals surface area contributed by atoms with Gasteiger partial charge in [0.15, 0.2) is 0 Å². The molecule has 1 aromatic heterocycles. The van der Waals surface area contributed by atoms with Gasteiger partial charge in [-0.3, -0.25) is 4.79 Å². The molecule has 0 saturated heterocycles. The zero-order chi connectivity index (χ0) is 21.8. The van der Waals surface area contributed by atoms with Gasteiger partial charge in [-0.25, -0.2) is 4.79 Å². The number of rotatable bonds is 6. The van der Waals surface area contributed by atoms with Crippen LogP contribution in [0.5, 0.6) is 0 Å². The molecule has 4 aromatic rings. The number of benzene rings is 3. The zero-order valence-corrected chi connectivity index (χ0v) is 17.0. The van der Waals surface area contributed by atoms with Crippen molar-refractivity contribution in [3.05, 3.63) is 95.2 Å². The van der Waals surface area contributed by atoms with Gasteiger partial charge in [-0.1, -0.05) is 42.5 Å². The second-order valence-corrected chi connectivity index (χ2v) is 7.42. The van der Waals surface area contributed by atoms with E-state index >= 15 is 0 Å². The summed E-state index contributed by atoms with van der Waals surface area (Å²) in [6, 6.07) is 22.3. The van der Waals surface area contributed by atoms with Crippen LogP contribution in [0.15, 0.2) is 77.2 Å². The number of hydrogen-bond donors (Lipinski definition) is 3. The Morgan fingerprint density at radius 3 is 2.39 bits per heavy atom. The molecule has 0 spiro atoms. The fraction of sp³-hybridized carbons (Fsp3) is 0.120. The minimum absolute atomic E-state index is 0.0299. The molecular formula is C25H22N2O4. The van der Waals surface area contributed by atoms with Crippen LogP contribution in [0, 0.1) is 6.92 Å². The standard InChI is InChI=1S/C25H22N2O4/c1-16-4-2-3-5-22(16)27-25(30)26-20-10-7-17(8-11-20)12-21-15-19-9-6-18(14-24(28)29)13-23(19)31-21/h2-11,13,15H,12,14H2,1H3,(H,28,29)(H2,26,27,30). The van der Waals surface area contributed by atoms with E-state index in [-0.39, 0.29) is 12.5 Å². The summed E-state index contributed by atoms with van der Waals surface area (Å²) in [5.74, 6) is -0.0760. The summed E-state index contributed by atoms with van der Waals surface area (Å²) in [6.45, 7) is 1.94. The summed E-state index contributed by atoms with van der Waals surface area (Å²) in [7, 11) is 0. The average molecular weight is 414 g/mol. The highest BCUT2D eigenvalue weighted by atomic mass is 16.4. The van der Waals surface area contributed by atoms with Gasteiger partial charge in [0.2, 0.25) is 0 Å². The smallest absolute Gasteiger partial charge is 0.323 e. The van der Waals surface area contributed by atoms with Crippen molar-refractivity contribution in [2.45, 2.75) is 19.8 Å². The van der Waals surface area contributed by atoms with Gasteiger partial charge >= 0.3 is 12.0 Å². The number of amides is 2. The quantitative estimate of drug-likeness (QED) is 0.383. The van der Waals surface area contributed by atoms with Gasteiger partial charge in [-0.15, -0.1) is 0 Å². The van der Waals surface area contributed by atoms with Crippen molar-refractivity contribution in [3.63, 3.8) is 0 Å². The van der Waals surface area contributed by atoms with Crippen molar-refractivity contribution in [2.24, 2.45) is 0 Å². The van der Waals surface area contributed by atoms with Crippen LogP contribution >= 0.6 is 0 Å². The molecule has 4 rings (SSSR count). The first-order valence-electron chi connectivity index (χ1n) is 9.92. The van der Waals surface area contributed by atoms with Gasteiger partial charge in [0, 0.05) is 23.2 Å². The number of para-hydroxylation sites is 1. The van der Waals surface area contributed by atoms with E-state index in [4.69, 9.17) is 9.52 Å². The molecule has 0 unspecified atom stereocenters. The van der Waals surface area contributed by atoms with Crippen molar-refractivity contribution < 1.29 is 19.1 Å². The molecular weight excluding hydrogens is 392 g/mol. The summed E-state index contributed by atoms with van der Waals surface area (Å²) in [5.41, 5.74) is 4.88. The molecule has 2 amide bonds. The van der Waals surface area contributed by atoms with Crippen LogP contribution in [0.25, 0.3) is 11.0 Å². The normalized spacial score (nSPS) is 10.7. The fourth-order valence-corrected chi connectivity index (χ4v) is 3.41. The van der Waals surface area contributed by atoms with E-state index in [9.17, 15) is 9.59 Å². The Morgan fingerprint density at radius 2 is 1.65 bits per heavy atom. The van der Waals surface area contributed by atoms with E-state index in [0.29, 0.717) is 23.3 Å². The maximum atomic E-state index is 12.2. The number of anilines is 2. The van der Waals surface area contributed by atoms with E-state index < -0.39 is 5.97 Å². The van der Waals surface area contributed by atoms with Crippen molar-refractivity contribution >= 4 is 34.3 Å². The lowest BCUT2D eigenvalue weighted by atomic mass is 10.1. The van der Waals surface area contributed by atoms with Crippen molar-refractivity contribution in [1.29, 1.82) is 0 Å². The Hall–Kier alpha value is -4.06. The highest BCUT2D eigenvalue weighted by Gasteiger charge is 2.09. The molecule has 0 aliphatic rings. The van der Waals surface area contributed by atoms with E-state index in [1.165, 1.54) is 0 Å². The van der Waals surface area contributed by atoms with Gasteiger partial charge < -0.3 is 20.2 Å². The third-order valence-corrected chi connectivity index (χ3v) is 4.97. The molecule has 0 saturated carbocycles. The summed E-state index contributed by atoms with van der Waals surface area (Å²) in [5, 5.41) is 15.6. The number of carbonyl (C=O) groups excluding carboxylic acids is 1. The number of nitrogens with one attached hydrogen (secondary N) is 2. The molecule has 0 bridgehead atoms. The number of carbonyl (C=O) groups is 2. The minimum Gasteiger partial charge on any atom is -0.481 e. The van der Waals surface area contributed by atoms with Crippen LogP contribution in [0.4, 0.5) is 16.2 Å². The summed E-state index contributed by atoms with van der Waals surface area (Å²) in [4.78, 5) is 23.1. The molecule has 6 heteroatoms. The molecule has 0 aliphatic carbocycles. The Bertz CT molecular complexity index is 1240. The highest BCUT2D eigenvalue weighted by Crippen LogP contribution is 2.24. The second-order valence-electron chi connectivity index (χ2n) is 7.42. The van der Waals surface area contributed by atoms with Gasteiger partial charge in [0.1, 0.15) is 11.3 Å². The summed E-state index contributed by atoms with van der Waals surface area (Å²) < 4.78 is 5.89. The molecule has 0 atom stereocenters. The number of furan rings is 1. The molecule has 0 radical (unpaired) electrons. The molecule has 3 N–H and O–H groups in total. The summed E-state index contributed by atoms with van der Waals surface area (Å²) in [6.07, 6.45) is 0.566. The van der Waals surface area contributed by atoms with Gasteiger partial charge in [0.05, 0.1) is 6.42 Å². The van der Waals surface area contributed by atoms with E-state index in [0.717, 1.165) is 28.0 Å². The van der Waals surface area contributed by atoms with Crippen LogP contribution in [0.1, 0.15) is 22.5 Å². The Kier molecular flexibility index (Phi) is 5.71. The van der Waals surface area contributed by atoms with Crippen LogP contribution in [0.3, 0.4) is 0 Å². The number of fused-ring (bicyclic) bond motifs is 1.